The minimum absolute atomic E-state index is 0.0438. The lowest BCUT2D eigenvalue weighted by molar-refractivity contribution is 0.0619. The summed E-state index contributed by atoms with van der Waals surface area (Å²) in [5.74, 6) is 0.457. The van der Waals surface area contributed by atoms with E-state index < -0.39 is 0 Å². The van der Waals surface area contributed by atoms with Crippen molar-refractivity contribution < 1.29 is 4.79 Å². The fraction of sp³-hybridized carbons (Fsp3) is 0.261. The fourth-order valence-electron chi connectivity index (χ4n) is 3.79. The van der Waals surface area contributed by atoms with Gasteiger partial charge in [-0.1, -0.05) is 38.1 Å². The molecule has 28 heavy (non-hydrogen) atoms. The largest absolute Gasteiger partial charge is 0.331 e. The number of aromatic nitrogens is 2. The maximum atomic E-state index is 13.2. The molecular formula is C23H22N4O. The highest BCUT2D eigenvalue weighted by atomic mass is 16.2. The number of hydrogen-bond donors (Lipinski definition) is 0. The van der Waals surface area contributed by atoms with E-state index in [0.717, 1.165) is 28.8 Å². The van der Waals surface area contributed by atoms with E-state index in [9.17, 15) is 4.79 Å². The molecule has 1 aliphatic rings. The molecule has 0 saturated heterocycles. The van der Waals surface area contributed by atoms with Gasteiger partial charge in [0.25, 0.3) is 5.91 Å². The van der Waals surface area contributed by atoms with Crippen LogP contribution in [0.25, 0.3) is 5.69 Å². The minimum atomic E-state index is -0.0438. The van der Waals surface area contributed by atoms with Gasteiger partial charge in [0.15, 0.2) is 0 Å². The normalized spacial score (nSPS) is 16.1. The molecule has 140 valence electrons. The van der Waals surface area contributed by atoms with Gasteiger partial charge < -0.3 is 4.90 Å². The van der Waals surface area contributed by atoms with Crippen LogP contribution in [0.2, 0.25) is 0 Å². The summed E-state index contributed by atoms with van der Waals surface area (Å²) in [5.41, 5.74) is 4.32. The zero-order valence-corrected chi connectivity index (χ0v) is 16.0. The van der Waals surface area contributed by atoms with E-state index in [1.165, 1.54) is 0 Å². The number of carbonyl (C=O) groups excluding carboxylic acids is 1. The topological polar surface area (TPSA) is 61.9 Å². The molecule has 0 fully saturated rings. The third-order valence-electron chi connectivity index (χ3n) is 5.09. The highest BCUT2D eigenvalue weighted by Crippen LogP contribution is 2.34. The Labute approximate surface area is 164 Å². The second-order valence-electron chi connectivity index (χ2n) is 7.61. The number of benzene rings is 2. The van der Waals surface area contributed by atoms with Gasteiger partial charge in [0.2, 0.25) is 0 Å². The van der Waals surface area contributed by atoms with E-state index in [-0.39, 0.29) is 11.9 Å². The standard InChI is InChI=1S/C23H22N4O/c1-16(2)14-26-22(11-18-7-3-4-9-21(18)23(26)28)19-13-25-27(15-19)20-8-5-6-17(10-20)12-24/h3-10,13,15-16,22H,11,14H2,1-2H3. The van der Waals surface area contributed by atoms with Gasteiger partial charge in [-0.2, -0.15) is 10.4 Å². The summed E-state index contributed by atoms with van der Waals surface area (Å²) >= 11 is 0. The van der Waals surface area contributed by atoms with Gasteiger partial charge in [-0.15, -0.1) is 0 Å². The van der Waals surface area contributed by atoms with Crippen molar-refractivity contribution in [1.29, 1.82) is 5.26 Å². The molecule has 1 aromatic heterocycles. The molecule has 0 aliphatic carbocycles. The zero-order valence-electron chi connectivity index (χ0n) is 16.0. The molecule has 0 radical (unpaired) electrons. The molecule has 1 amide bonds. The minimum Gasteiger partial charge on any atom is -0.331 e. The van der Waals surface area contributed by atoms with Gasteiger partial charge in [-0.3, -0.25) is 4.79 Å². The molecule has 2 heterocycles. The first-order valence-electron chi connectivity index (χ1n) is 9.51. The van der Waals surface area contributed by atoms with Gasteiger partial charge in [-0.25, -0.2) is 4.68 Å². The molecule has 5 nitrogen and oxygen atoms in total. The fourth-order valence-corrected chi connectivity index (χ4v) is 3.79. The van der Waals surface area contributed by atoms with Crippen LogP contribution in [0.3, 0.4) is 0 Å². The average Bonchev–Trinajstić information content (AvgIpc) is 3.20. The van der Waals surface area contributed by atoms with Crippen LogP contribution < -0.4 is 0 Å². The highest BCUT2D eigenvalue weighted by molar-refractivity contribution is 5.97. The maximum Gasteiger partial charge on any atom is 0.254 e. The van der Waals surface area contributed by atoms with E-state index >= 15 is 0 Å². The summed E-state index contributed by atoms with van der Waals surface area (Å²) in [6, 6.07) is 17.3. The first kappa shape index (κ1) is 18.0. The van der Waals surface area contributed by atoms with Crippen molar-refractivity contribution in [2.24, 2.45) is 5.92 Å². The Morgan fingerprint density at radius 2 is 2.04 bits per heavy atom. The van der Waals surface area contributed by atoms with Gasteiger partial charge in [0.05, 0.1) is 29.6 Å². The first-order chi connectivity index (χ1) is 13.6. The average molecular weight is 370 g/mol. The summed E-state index contributed by atoms with van der Waals surface area (Å²) in [6.07, 6.45) is 4.58. The van der Waals surface area contributed by atoms with Crippen molar-refractivity contribution >= 4 is 5.91 Å². The Kier molecular flexibility index (Phi) is 4.70. The first-order valence-corrected chi connectivity index (χ1v) is 9.51. The van der Waals surface area contributed by atoms with Gasteiger partial charge in [0, 0.05) is 23.9 Å². The summed E-state index contributed by atoms with van der Waals surface area (Å²) in [4.78, 5) is 15.1. The number of fused-ring (bicyclic) bond motifs is 1. The third kappa shape index (κ3) is 3.29. The number of carbonyl (C=O) groups is 1. The summed E-state index contributed by atoms with van der Waals surface area (Å²) < 4.78 is 1.77. The molecule has 0 bridgehead atoms. The van der Waals surface area contributed by atoms with Gasteiger partial charge in [0.1, 0.15) is 0 Å². The second kappa shape index (κ2) is 7.32. The molecule has 1 unspecified atom stereocenters. The maximum absolute atomic E-state index is 13.2. The van der Waals surface area contributed by atoms with E-state index in [0.29, 0.717) is 18.0 Å². The van der Waals surface area contributed by atoms with Crippen LogP contribution in [0.5, 0.6) is 0 Å². The number of hydrogen-bond acceptors (Lipinski definition) is 3. The van der Waals surface area contributed by atoms with E-state index in [2.05, 4.69) is 25.0 Å². The van der Waals surface area contributed by atoms with E-state index in [1.807, 2.05) is 59.8 Å². The second-order valence-corrected chi connectivity index (χ2v) is 7.61. The summed E-state index contributed by atoms with van der Waals surface area (Å²) in [7, 11) is 0. The Morgan fingerprint density at radius 3 is 2.82 bits per heavy atom. The highest BCUT2D eigenvalue weighted by Gasteiger charge is 2.34. The lowest BCUT2D eigenvalue weighted by Crippen LogP contribution is -2.42. The SMILES string of the molecule is CC(C)CN1C(=O)c2ccccc2CC1c1cnn(-c2cccc(C#N)c2)c1. The van der Waals surface area contributed by atoms with Crippen molar-refractivity contribution in [3.05, 3.63) is 83.2 Å². The smallest absolute Gasteiger partial charge is 0.254 e. The van der Waals surface area contributed by atoms with Gasteiger partial charge >= 0.3 is 0 Å². The molecule has 0 N–H and O–H groups in total. The van der Waals surface area contributed by atoms with Crippen LogP contribution in [0.4, 0.5) is 0 Å². The number of amides is 1. The van der Waals surface area contributed by atoms with Crippen LogP contribution in [-0.4, -0.2) is 27.1 Å². The molecule has 4 rings (SSSR count). The summed E-state index contributed by atoms with van der Waals surface area (Å²) in [5, 5.41) is 13.6. The van der Waals surface area contributed by atoms with Crippen molar-refractivity contribution in [3.63, 3.8) is 0 Å². The van der Waals surface area contributed by atoms with Crippen LogP contribution >= 0.6 is 0 Å². The molecule has 0 saturated carbocycles. The van der Waals surface area contributed by atoms with Crippen LogP contribution in [-0.2, 0) is 6.42 Å². The Bertz CT molecular complexity index is 1060. The zero-order chi connectivity index (χ0) is 19.7. The van der Waals surface area contributed by atoms with Crippen LogP contribution in [0.1, 0.15) is 46.9 Å². The van der Waals surface area contributed by atoms with E-state index in [4.69, 9.17) is 5.26 Å². The molecule has 1 aliphatic heterocycles. The molecule has 0 spiro atoms. The quantitative estimate of drug-likeness (QED) is 0.693. The summed E-state index contributed by atoms with van der Waals surface area (Å²) in [6.45, 7) is 4.95. The molecule has 3 aromatic rings. The van der Waals surface area contributed by atoms with Crippen LogP contribution in [0, 0.1) is 17.2 Å². The van der Waals surface area contributed by atoms with Crippen molar-refractivity contribution in [1.82, 2.24) is 14.7 Å². The van der Waals surface area contributed by atoms with E-state index in [1.54, 1.807) is 10.7 Å². The lowest BCUT2D eigenvalue weighted by atomic mass is 9.90. The number of rotatable bonds is 4. The lowest BCUT2D eigenvalue weighted by Gasteiger charge is -2.37. The molecule has 2 aromatic carbocycles. The molecule has 1 atom stereocenters. The third-order valence-corrected chi connectivity index (χ3v) is 5.09. The van der Waals surface area contributed by atoms with Crippen molar-refractivity contribution in [2.75, 3.05) is 6.54 Å². The van der Waals surface area contributed by atoms with Crippen LogP contribution in [0.15, 0.2) is 60.9 Å². The molecular weight excluding hydrogens is 348 g/mol. The molecule has 5 heteroatoms. The Hall–Kier alpha value is -3.39. The Balaban J connectivity index is 1.71. The monoisotopic (exact) mass is 370 g/mol. The predicted molar refractivity (Wildman–Crippen MR) is 107 cm³/mol. The number of nitriles is 1. The van der Waals surface area contributed by atoms with Crippen molar-refractivity contribution in [3.8, 4) is 11.8 Å². The van der Waals surface area contributed by atoms with Gasteiger partial charge in [-0.05, 0) is 42.2 Å². The predicted octanol–water partition coefficient (Wildman–Crippen LogP) is 4.14. The van der Waals surface area contributed by atoms with Crippen molar-refractivity contribution in [2.45, 2.75) is 26.3 Å². The Morgan fingerprint density at radius 1 is 1.21 bits per heavy atom. The number of nitrogens with zero attached hydrogens (tertiary/aromatic N) is 4.